The molecule has 0 bridgehead atoms. The van der Waals surface area contributed by atoms with Crippen molar-refractivity contribution < 1.29 is 73.3 Å². The number of rotatable bonds is 10. The lowest BCUT2D eigenvalue weighted by molar-refractivity contribution is -0.339. The zero-order chi connectivity index (χ0) is 41.5. The third-order valence-corrected chi connectivity index (χ3v) is 16.1. The summed E-state index contributed by atoms with van der Waals surface area (Å²) in [6.07, 6.45) is -2.41. The minimum atomic E-state index is -1.80. The van der Waals surface area contributed by atoms with Crippen molar-refractivity contribution in [2.75, 3.05) is 21.3 Å². The molecule has 0 aromatic heterocycles. The Hall–Kier alpha value is -0.860. The van der Waals surface area contributed by atoms with Crippen molar-refractivity contribution in [2.24, 2.45) is 16.7 Å². The van der Waals surface area contributed by atoms with Gasteiger partial charge in [-0.2, -0.15) is 0 Å². The van der Waals surface area contributed by atoms with E-state index in [9.17, 15) is 30.6 Å². The van der Waals surface area contributed by atoms with E-state index in [1.165, 1.54) is 6.92 Å². The van der Waals surface area contributed by atoms with Crippen molar-refractivity contribution in [1.29, 1.82) is 0 Å². The van der Waals surface area contributed by atoms with Gasteiger partial charge in [-0.25, -0.2) is 0 Å². The zero-order valence-corrected chi connectivity index (χ0v) is 35.2. The van der Waals surface area contributed by atoms with Crippen LogP contribution in [0.1, 0.15) is 106 Å². The third-order valence-electron chi connectivity index (χ3n) is 16.1. The van der Waals surface area contributed by atoms with Crippen LogP contribution < -0.4 is 0 Å². The molecule has 0 unspecified atom stereocenters. The lowest BCUT2D eigenvalue weighted by atomic mass is 9.42. The van der Waals surface area contributed by atoms with E-state index in [1.807, 2.05) is 19.9 Å². The van der Waals surface area contributed by atoms with E-state index >= 15 is 0 Å². The van der Waals surface area contributed by atoms with Crippen molar-refractivity contribution in [3.8, 4) is 0 Å². The molecule has 3 saturated carbocycles. The van der Waals surface area contributed by atoms with Gasteiger partial charge in [0.15, 0.2) is 18.9 Å². The molecule has 0 amide bonds. The van der Waals surface area contributed by atoms with E-state index in [2.05, 4.69) is 6.92 Å². The average Bonchev–Trinajstić information content (AvgIpc) is 3.40. The molecule has 15 heteroatoms. The Balaban J connectivity index is 0.965. The maximum Gasteiger partial charge on any atom is 0.161 e. The summed E-state index contributed by atoms with van der Waals surface area (Å²) in [5.74, 6) is -0.456. The molecule has 6 fully saturated rings. The molecule has 328 valence electrons. The fraction of sp³-hybridized carbons (Fsp3) is 0.952. The molecule has 3 saturated heterocycles. The van der Waals surface area contributed by atoms with Crippen LogP contribution in [0.25, 0.3) is 0 Å². The van der Waals surface area contributed by atoms with Gasteiger partial charge in [-0.3, -0.25) is 0 Å². The Morgan fingerprint density at radius 3 is 1.79 bits per heavy atom. The van der Waals surface area contributed by atoms with E-state index in [0.717, 1.165) is 5.57 Å². The second-order valence-corrected chi connectivity index (χ2v) is 18.8. The first-order valence-electron chi connectivity index (χ1n) is 21.2. The second kappa shape index (κ2) is 16.1. The Morgan fingerprint density at radius 1 is 0.719 bits per heavy atom. The molecule has 4 aliphatic carbocycles. The second-order valence-electron chi connectivity index (χ2n) is 18.8. The summed E-state index contributed by atoms with van der Waals surface area (Å²) in [4.78, 5) is 0. The highest BCUT2D eigenvalue weighted by molar-refractivity contribution is 5.36. The van der Waals surface area contributed by atoms with Crippen LogP contribution >= 0.6 is 0 Å². The number of hydrogen-bond donors (Lipinski definition) is 6. The number of fused-ring (bicyclic) bond motifs is 5. The van der Waals surface area contributed by atoms with E-state index in [1.54, 1.807) is 35.2 Å². The number of methoxy groups -OCH3 is 3. The summed E-state index contributed by atoms with van der Waals surface area (Å²) in [7, 11) is 4.86. The lowest BCUT2D eigenvalue weighted by Gasteiger charge is -2.67. The minimum absolute atomic E-state index is 0.0771. The largest absolute Gasteiger partial charge is 0.392 e. The van der Waals surface area contributed by atoms with Crippen LogP contribution in [-0.2, 0) is 42.6 Å². The standard InChI is InChI=1S/C42H70O15/c1-21-35(45)27(49-7)17-33(52-21)56-37-23(3)54-34(19-29(37)51-9)57-36-22(2)53-32(18-28(36)50-8)55-26-11-12-38(5)25(16-26)10-13-41(47)30(38)20-31(44)39(6)40(46,24(4)43)14-15-42(39,41)48/h10,21-24,26-37,43-48H,11-20H2,1-9H3/t21-,22-,23-,24+,26+,27-,28+,29-,30-,31-,32+,33+,34+,35-,36-,37-,38+,39-,40-,41+,42-/m1/s1. The van der Waals surface area contributed by atoms with Crippen LogP contribution in [0.4, 0.5) is 0 Å². The summed E-state index contributed by atoms with van der Waals surface area (Å²) in [5, 5.41) is 69.3. The van der Waals surface area contributed by atoms with Crippen molar-refractivity contribution in [3.05, 3.63) is 11.6 Å². The van der Waals surface area contributed by atoms with E-state index in [4.69, 9.17) is 42.6 Å². The van der Waals surface area contributed by atoms with Crippen LogP contribution in [-0.4, -0.2) is 161 Å². The molecule has 7 aliphatic rings. The van der Waals surface area contributed by atoms with E-state index < -0.39 is 101 Å². The van der Waals surface area contributed by atoms with Gasteiger partial charge >= 0.3 is 0 Å². The van der Waals surface area contributed by atoms with Crippen molar-refractivity contribution >= 4 is 0 Å². The normalized spacial score (nSPS) is 54.6. The predicted molar refractivity (Wildman–Crippen MR) is 203 cm³/mol. The molecule has 0 spiro atoms. The summed E-state index contributed by atoms with van der Waals surface area (Å²) in [6, 6.07) is 0. The Kier molecular flexibility index (Phi) is 12.5. The molecule has 6 N–H and O–H groups in total. The first-order valence-corrected chi connectivity index (χ1v) is 21.2. The number of aliphatic hydroxyl groups is 6. The SMILES string of the molecule is CO[C@H]1C[C@H](O[C@H]2CC[C@@]3(C)C(=CC[C@]4(O)[C@@H]3C[C@@H](O)[C@@]3(C)[C@]4(O)CC[C@@]3(O)[C@H](C)O)C2)O[C@H](C)[C@H]1O[C@H]1C[C@@H](OC)[C@H](O[C@H]2C[C@@H](OC)[C@H](O)[C@@H](C)O2)[C@@H](C)O1. The highest BCUT2D eigenvalue weighted by atomic mass is 16.7. The summed E-state index contributed by atoms with van der Waals surface area (Å²) < 4.78 is 55.6. The molecule has 0 aromatic carbocycles. The Bertz CT molecular complexity index is 1450. The van der Waals surface area contributed by atoms with Gasteiger partial charge in [0.2, 0.25) is 0 Å². The molecule has 57 heavy (non-hydrogen) atoms. The van der Waals surface area contributed by atoms with E-state index in [-0.39, 0.29) is 50.1 Å². The summed E-state index contributed by atoms with van der Waals surface area (Å²) in [5.41, 5.74) is -6.02. The minimum Gasteiger partial charge on any atom is -0.392 e. The Morgan fingerprint density at radius 2 is 1.25 bits per heavy atom. The molecule has 3 heterocycles. The van der Waals surface area contributed by atoms with Crippen LogP contribution in [0.2, 0.25) is 0 Å². The van der Waals surface area contributed by atoms with Gasteiger partial charge in [0.05, 0.1) is 60.4 Å². The summed E-state index contributed by atoms with van der Waals surface area (Å²) >= 11 is 0. The van der Waals surface area contributed by atoms with E-state index in [0.29, 0.717) is 38.5 Å². The lowest BCUT2D eigenvalue weighted by Crippen LogP contribution is -2.78. The highest BCUT2D eigenvalue weighted by Gasteiger charge is 2.80. The first-order chi connectivity index (χ1) is 26.8. The molecule has 21 atom stereocenters. The molecular weight excluding hydrogens is 744 g/mol. The van der Waals surface area contributed by atoms with Crippen LogP contribution in [0.5, 0.6) is 0 Å². The number of hydrogen-bond acceptors (Lipinski definition) is 15. The van der Waals surface area contributed by atoms with Gasteiger partial charge in [0, 0.05) is 46.5 Å². The number of ether oxygens (including phenoxy) is 9. The molecule has 15 nitrogen and oxygen atoms in total. The van der Waals surface area contributed by atoms with Crippen LogP contribution in [0.3, 0.4) is 0 Å². The molecule has 3 aliphatic heterocycles. The molecule has 0 aromatic rings. The number of aliphatic hydroxyl groups excluding tert-OH is 3. The Labute approximate surface area is 337 Å². The zero-order valence-electron chi connectivity index (χ0n) is 35.2. The fourth-order valence-electron chi connectivity index (χ4n) is 12.4. The van der Waals surface area contributed by atoms with Crippen molar-refractivity contribution in [3.63, 3.8) is 0 Å². The van der Waals surface area contributed by atoms with Gasteiger partial charge in [-0.05, 0) is 78.1 Å². The van der Waals surface area contributed by atoms with Gasteiger partial charge in [0.1, 0.15) is 35.1 Å². The van der Waals surface area contributed by atoms with Gasteiger partial charge < -0.3 is 73.3 Å². The predicted octanol–water partition coefficient (Wildman–Crippen LogP) is 2.23. The van der Waals surface area contributed by atoms with Crippen LogP contribution in [0.15, 0.2) is 11.6 Å². The summed E-state index contributed by atoms with van der Waals surface area (Å²) in [6.45, 7) is 10.9. The van der Waals surface area contributed by atoms with Gasteiger partial charge in [-0.15, -0.1) is 0 Å². The van der Waals surface area contributed by atoms with Gasteiger partial charge in [0.25, 0.3) is 0 Å². The van der Waals surface area contributed by atoms with Crippen molar-refractivity contribution in [2.45, 2.75) is 215 Å². The van der Waals surface area contributed by atoms with Gasteiger partial charge in [-0.1, -0.05) is 25.5 Å². The van der Waals surface area contributed by atoms with Crippen molar-refractivity contribution in [1.82, 2.24) is 0 Å². The maximum absolute atomic E-state index is 12.5. The highest BCUT2D eigenvalue weighted by Crippen LogP contribution is 2.70. The molecule has 7 rings (SSSR count). The maximum atomic E-state index is 12.5. The quantitative estimate of drug-likeness (QED) is 0.175. The smallest absolute Gasteiger partial charge is 0.161 e. The van der Waals surface area contributed by atoms with Crippen LogP contribution in [0, 0.1) is 16.7 Å². The molecule has 0 radical (unpaired) electrons. The molecular formula is C42H70O15. The first kappa shape index (κ1) is 44.2. The topological polar surface area (TPSA) is 204 Å². The monoisotopic (exact) mass is 814 g/mol. The fourth-order valence-corrected chi connectivity index (χ4v) is 12.4. The third kappa shape index (κ3) is 7.00. The average molecular weight is 815 g/mol.